The molecule has 2 aliphatic heterocycles. The lowest BCUT2D eigenvalue weighted by molar-refractivity contribution is 0.0702. The zero-order valence-corrected chi connectivity index (χ0v) is 12.2. The Hall–Kier alpha value is -0.940. The van der Waals surface area contributed by atoms with E-state index in [-0.39, 0.29) is 6.04 Å². The first-order valence-electron chi connectivity index (χ1n) is 7.55. The fraction of sp³-hybridized carbons (Fsp3) is 0.625. The lowest BCUT2D eigenvalue weighted by Gasteiger charge is -2.41. The molecule has 0 radical (unpaired) electrons. The molecule has 0 aliphatic carbocycles. The van der Waals surface area contributed by atoms with Crippen LogP contribution in [-0.4, -0.2) is 62.3 Å². The van der Waals surface area contributed by atoms with Crippen molar-refractivity contribution in [2.24, 2.45) is 11.7 Å². The Morgan fingerprint density at radius 1 is 1.20 bits per heavy atom. The van der Waals surface area contributed by atoms with E-state index >= 15 is 0 Å². The van der Waals surface area contributed by atoms with E-state index in [1.54, 1.807) is 0 Å². The molecule has 3 unspecified atom stereocenters. The number of rotatable bonds is 3. The van der Waals surface area contributed by atoms with Crippen LogP contribution in [0, 0.1) is 5.92 Å². The van der Waals surface area contributed by atoms with Gasteiger partial charge in [0.05, 0.1) is 13.2 Å². The van der Waals surface area contributed by atoms with Gasteiger partial charge < -0.3 is 15.4 Å². The van der Waals surface area contributed by atoms with Crippen molar-refractivity contribution in [2.45, 2.75) is 12.1 Å². The molecule has 2 N–H and O–H groups in total. The van der Waals surface area contributed by atoms with Gasteiger partial charge in [0.1, 0.15) is 0 Å². The van der Waals surface area contributed by atoms with Crippen LogP contribution in [0.25, 0.3) is 0 Å². The number of likely N-dealkylation sites (N-methyl/N-ethyl adjacent to an activating group) is 1. The van der Waals surface area contributed by atoms with Crippen LogP contribution in [0.2, 0.25) is 0 Å². The maximum absolute atomic E-state index is 6.15. The van der Waals surface area contributed by atoms with Crippen molar-refractivity contribution >= 4 is 0 Å². The van der Waals surface area contributed by atoms with E-state index in [9.17, 15) is 0 Å². The van der Waals surface area contributed by atoms with E-state index in [1.165, 1.54) is 5.56 Å². The lowest BCUT2D eigenvalue weighted by atomic mass is 9.98. The number of hydrogen-bond donors (Lipinski definition) is 1. The van der Waals surface area contributed by atoms with E-state index in [4.69, 9.17) is 10.5 Å². The Bertz CT molecular complexity index is 425. The van der Waals surface area contributed by atoms with E-state index in [1.807, 2.05) is 0 Å². The summed E-state index contributed by atoms with van der Waals surface area (Å²) in [7, 11) is 2.21. The topological polar surface area (TPSA) is 41.7 Å². The molecule has 0 saturated carbocycles. The number of hydrogen-bond acceptors (Lipinski definition) is 4. The van der Waals surface area contributed by atoms with Gasteiger partial charge in [-0.25, -0.2) is 0 Å². The molecule has 3 atom stereocenters. The van der Waals surface area contributed by atoms with Crippen molar-refractivity contribution in [2.75, 3.05) is 46.4 Å². The number of piperazine rings is 1. The lowest BCUT2D eigenvalue weighted by Crippen LogP contribution is -2.50. The molecule has 2 aliphatic rings. The van der Waals surface area contributed by atoms with Crippen LogP contribution < -0.4 is 5.73 Å². The van der Waals surface area contributed by atoms with Crippen LogP contribution in [0.5, 0.6) is 0 Å². The zero-order chi connectivity index (χ0) is 13.9. The molecule has 1 aromatic carbocycles. The second kappa shape index (κ2) is 6.22. The van der Waals surface area contributed by atoms with E-state index in [0.717, 1.165) is 32.8 Å². The highest BCUT2D eigenvalue weighted by Crippen LogP contribution is 2.27. The minimum Gasteiger partial charge on any atom is -0.379 e. The normalized spacial score (nSPS) is 32.6. The molecule has 110 valence electrons. The molecule has 0 amide bonds. The van der Waals surface area contributed by atoms with Crippen molar-refractivity contribution in [1.29, 1.82) is 0 Å². The van der Waals surface area contributed by atoms with Crippen molar-refractivity contribution in [3.05, 3.63) is 35.9 Å². The van der Waals surface area contributed by atoms with Crippen molar-refractivity contribution in [1.82, 2.24) is 9.80 Å². The van der Waals surface area contributed by atoms with Crippen molar-refractivity contribution in [3.8, 4) is 0 Å². The summed E-state index contributed by atoms with van der Waals surface area (Å²) in [5.41, 5.74) is 7.55. The average molecular weight is 275 g/mol. The number of ether oxygens (including phenoxy) is 1. The molecule has 3 rings (SSSR count). The quantitative estimate of drug-likeness (QED) is 0.892. The summed E-state index contributed by atoms with van der Waals surface area (Å²) in [6.45, 7) is 5.91. The molecule has 0 bridgehead atoms. The second-order valence-corrected chi connectivity index (χ2v) is 6.15. The van der Waals surface area contributed by atoms with Gasteiger partial charge in [0.2, 0.25) is 0 Å². The van der Waals surface area contributed by atoms with Gasteiger partial charge in [0.15, 0.2) is 0 Å². The Balaban J connectivity index is 1.73. The SMILES string of the molecule is CN1CCN(CC2COCC2N)C(c2ccccc2)C1. The highest BCUT2D eigenvalue weighted by Gasteiger charge is 2.32. The monoisotopic (exact) mass is 275 g/mol. The third-order valence-electron chi connectivity index (χ3n) is 4.60. The molecule has 2 heterocycles. The summed E-state index contributed by atoms with van der Waals surface area (Å²) in [6.07, 6.45) is 0. The van der Waals surface area contributed by atoms with Gasteiger partial charge in [-0.05, 0) is 12.6 Å². The summed E-state index contributed by atoms with van der Waals surface area (Å²) in [6, 6.07) is 11.5. The van der Waals surface area contributed by atoms with Gasteiger partial charge in [-0.1, -0.05) is 30.3 Å². The van der Waals surface area contributed by atoms with Gasteiger partial charge in [0, 0.05) is 44.2 Å². The van der Waals surface area contributed by atoms with Crippen molar-refractivity contribution in [3.63, 3.8) is 0 Å². The maximum atomic E-state index is 6.15. The van der Waals surface area contributed by atoms with Crippen molar-refractivity contribution < 1.29 is 4.74 Å². The largest absolute Gasteiger partial charge is 0.379 e. The highest BCUT2D eigenvalue weighted by molar-refractivity contribution is 5.20. The molecule has 0 aromatic heterocycles. The zero-order valence-electron chi connectivity index (χ0n) is 12.2. The van der Waals surface area contributed by atoms with E-state index in [2.05, 4.69) is 47.2 Å². The minimum absolute atomic E-state index is 0.200. The van der Waals surface area contributed by atoms with Gasteiger partial charge in [-0.3, -0.25) is 4.90 Å². The highest BCUT2D eigenvalue weighted by atomic mass is 16.5. The number of nitrogens with two attached hydrogens (primary N) is 1. The Morgan fingerprint density at radius 3 is 2.70 bits per heavy atom. The van der Waals surface area contributed by atoms with Gasteiger partial charge in [0.25, 0.3) is 0 Å². The van der Waals surface area contributed by atoms with Gasteiger partial charge >= 0.3 is 0 Å². The van der Waals surface area contributed by atoms with Crippen LogP contribution in [0.4, 0.5) is 0 Å². The predicted molar refractivity (Wildman–Crippen MR) is 80.5 cm³/mol. The summed E-state index contributed by atoms with van der Waals surface area (Å²) in [5.74, 6) is 0.476. The molecule has 1 aromatic rings. The van der Waals surface area contributed by atoms with Crippen LogP contribution in [-0.2, 0) is 4.74 Å². The fourth-order valence-electron chi connectivity index (χ4n) is 3.27. The second-order valence-electron chi connectivity index (χ2n) is 6.15. The van der Waals surface area contributed by atoms with Crippen LogP contribution in [0.1, 0.15) is 11.6 Å². The molecule has 4 heteroatoms. The Labute approximate surface area is 121 Å². The number of benzene rings is 1. The Kier molecular flexibility index (Phi) is 4.36. The minimum atomic E-state index is 0.200. The molecular weight excluding hydrogens is 250 g/mol. The molecule has 2 fully saturated rings. The smallest absolute Gasteiger partial charge is 0.0621 e. The molecule has 4 nitrogen and oxygen atoms in total. The molecule has 0 spiro atoms. The van der Waals surface area contributed by atoms with Gasteiger partial charge in [-0.15, -0.1) is 0 Å². The first-order chi connectivity index (χ1) is 9.74. The first kappa shape index (κ1) is 14.0. The summed E-state index contributed by atoms with van der Waals surface area (Å²) in [4.78, 5) is 5.01. The predicted octanol–water partition coefficient (Wildman–Crippen LogP) is 0.949. The fourth-order valence-corrected chi connectivity index (χ4v) is 3.27. The Morgan fingerprint density at radius 2 is 2.00 bits per heavy atom. The molecule has 2 saturated heterocycles. The third-order valence-corrected chi connectivity index (χ3v) is 4.60. The number of nitrogens with zero attached hydrogens (tertiary/aromatic N) is 2. The summed E-state index contributed by atoms with van der Waals surface area (Å²) in [5, 5.41) is 0. The maximum Gasteiger partial charge on any atom is 0.0621 e. The van der Waals surface area contributed by atoms with Gasteiger partial charge in [-0.2, -0.15) is 0 Å². The van der Waals surface area contributed by atoms with E-state index < -0.39 is 0 Å². The standard InChI is InChI=1S/C16H25N3O/c1-18-7-8-19(9-14-11-20-12-15(14)17)16(10-18)13-5-3-2-4-6-13/h2-6,14-16H,7-12,17H2,1H3. The van der Waals surface area contributed by atoms with Crippen LogP contribution >= 0.6 is 0 Å². The summed E-state index contributed by atoms with van der Waals surface area (Å²) >= 11 is 0. The average Bonchev–Trinajstić information content (AvgIpc) is 2.87. The van der Waals surface area contributed by atoms with Crippen LogP contribution in [0.15, 0.2) is 30.3 Å². The first-order valence-corrected chi connectivity index (χ1v) is 7.55. The molecule has 20 heavy (non-hydrogen) atoms. The summed E-state index contributed by atoms with van der Waals surface area (Å²) < 4.78 is 5.51. The van der Waals surface area contributed by atoms with Crippen LogP contribution in [0.3, 0.4) is 0 Å². The van der Waals surface area contributed by atoms with E-state index in [0.29, 0.717) is 18.6 Å². The third kappa shape index (κ3) is 3.04. The molecular formula is C16H25N3O.